The van der Waals surface area contributed by atoms with Gasteiger partial charge in [0.1, 0.15) is 11.8 Å². The minimum absolute atomic E-state index is 0.00194. The fourth-order valence-electron chi connectivity index (χ4n) is 1.78. The molecule has 1 atom stereocenters. The van der Waals surface area contributed by atoms with Gasteiger partial charge in [-0.05, 0) is 13.3 Å². The molecule has 2 amide bonds. The first-order chi connectivity index (χ1) is 9.47. The standard InChI is InChI=1S/C12H16N2O4.C2H6/c1-8(15)3-2-4-10(16)9(7-13)14-11(17)5-6-12(14)18;1-2/h5-6,9H,2-4,7,13H2,1H3;1-2H3. The largest absolute Gasteiger partial charge is 0.328 e. The summed E-state index contributed by atoms with van der Waals surface area (Å²) in [7, 11) is 0. The maximum absolute atomic E-state index is 11.9. The Balaban J connectivity index is 0.00000172. The lowest BCUT2D eigenvalue weighted by atomic mass is 10.0. The molecule has 0 bridgehead atoms. The highest BCUT2D eigenvalue weighted by atomic mass is 16.2. The van der Waals surface area contributed by atoms with Crippen LogP contribution in [0.4, 0.5) is 0 Å². The third-order valence-electron chi connectivity index (χ3n) is 2.70. The maximum atomic E-state index is 11.9. The lowest BCUT2D eigenvalue weighted by molar-refractivity contribution is -0.144. The van der Waals surface area contributed by atoms with Crippen molar-refractivity contribution in [1.82, 2.24) is 4.90 Å². The number of carbonyl (C=O) groups excluding carboxylic acids is 4. The number of carbonyl (C=O) groups is 4. The van der Waals surface area contributed by atoms with Crippen LogP contribution in [0.1, 0.15) is 40.0 Å². The number of hydrogen-bond donors (Lipinski definition) is 1. The van der Waals surface area contributed by atoms with Gasteiger partial charge in [-0.25, -0.2) is 0 Å². The lowest BCUT2D eigenvalue weighted by Crippen LogP contribution is -2.49. The Bertz CT molecular complexity index is 397. The van der Waals surface area contributed by atoms with Crippen molar-refractivity contribution in [3.8, 4) is 0 Å². The van der Waals surface area contributed by atoms with Crippen molar-refractivity contribution in [3.05, 3.63) is 12.2 Å². The summed E-state index contributed by atoms with van der Waals surface area (Å²) in [6, 6.07) is -0.924. The Kier molecular flexibility index (Phi) is 8.31. The molecule has 0 aromatic carbocycles. The van der Waals surface area contributed by atoms with Crippen LogP contribution in [0.15, 0.2) is 12.2 Å². The summed E-state index contributed by atoms with van der Waals surface area (Å²) in [5.74, 6) is -1.32. The first kappa shape index (κ1) is 18.2. The highest BCUT2D eigenvalue weighted by molar-refractivity contribution is 6.15. The molecule has 1 aliphatic rings. The molecule has 20 heavy (non-hydrogen) atoms. The molecule has 1 rings (SSSR count). The summed E-state index contributed by atoms with van der Waals surface area (Å²) < 4.78 is 0. The van der Waals surface area contributed by atoms with Gasteiger partial charge in [-0.3, -0.25) is 19.3 Å². The molecule has 6 heteroatoms. The van der Waals surface area contributed by atoms with Gasteiger partial charge in [0, 0.05) is 31.5 Å². The fraction of sp³-hybridized carbons (Fsp3) is 0.571. The third-order valence-corrected chi connectivity index (χ3v) is 2.70. The second-order valence-electron chi connectivity index (χ2n) is 4.15. The summed E-state index contributed by atoms with van der Waals surface area (Å²) in [4.78, 5) is 46.4. The molecule has 1 unspecified atom stereocenters. The Hall–Kier alpha value is -1.82. The molecule has 0 aromatic heterocycles. The minimum atomic E-state index is -0.924. The van der Waals surface area contributed by atoms with Crippen molar-refractivity contribution >= 4 is 23.4 Å². The van der Waals surface area contributed by atoms with Crippen molar-refractivity contribution in [2.45, 2.75) is 46.1 Å². The topological polar surface area (TPSA) is 97.5 Å². The predicted molar refractivity (Wildman–Crippen MR) is 74.7 cm³/mol. The van der Waals surface area contributed by atoms with Gasteiger partial charge in [0.15, 0.2) is 5.78 Å². The average molecular weight is 282 g/mol. The van der Waals surface area contributed by atoms with Crippen molar-refractivity contribution in [2.24, 2.45) is 5.73 Å². The first-order valence-electron chi connectivity index (χ1n) is 6.74. The van der Waals surface area contributed by atoms with Crippen LogP contribution in [0.3, 0.4) is 0 Å². The summed E-state index contributed by atoms with van der Waals surface area (Å²) >= 11 is 0. The van der Waals surface area contributed by atoms with E-state index in [4.69, 9.17) is 5.73 Å². The van der Waals surface area contributed by atoms with E-state index in [-0.39, 0.29) is 24.5 Å². The second kappa shape index (κ2) is 9.14. The molecule has 6 nitrogen and oxygen atoms in total. The fourth-order valence-corrected chi connectivity index (χ4v) is 1.78. The molecule has 0 fully saturated rings. The Morgan fingerprint density at radius 2 is 1.65 bits per heavy atom. The zero-order chi connectivity index (χ0) is 15.7. The molecule has 0 aromatic rings. The third kappa shape index (κ3) is 5.05. The number of rotatable bonds is 7. The van der Waals surface area contributed by atoms with E-state index in [0.717, 1.165) is 17.1 Å². The second-order valence-corrected chi connectivity index (χ2v) is 4.15. The lowest BCUT2D eigenvalue weighted by Gasteiger charge is -2.23. The van der Waals surface area contributed by atoms with Crippen molar-refractivity contribution < 1.29 is 19.2 Å². The molecule has 0 saturated heterocycles. The van der Waals surface area contributed by atoms with Gasteiger partial charge in [0.2, 0.25) is 0 Å². The molecule has 1 aliphatic heterocycles. The molecular weight excluding hydrogens is 260 g/mol. The maximum Gasteiger partial charge on any atom is 0.254 e. The van der Waals surface area contributed by atoms with Crippen LogP contribution in [0.25, 0.3) is 0 Å². The van der Waals surface area contributed by atoms with Gasteiger partial charge in [-0.15, -0.1) is 0 Å². The van der Waals surface area contributed by atoms with Gasteiger partial charge in [0.25, 0.3) is 11.8 Å². The number of nitrogens with zero attached hydrogens (tertiary/aromatic N) is 1. The summed E-state index contributed by atoms with van der Waals surface area (Å²) in [5.41, 5.74) is 5.45. The molecular formula is C14H22N2O4. The van der Waals surface area contributed by atoms with Crippen LogP contribution in [-0.4, -0.2) is 40.9 Å². The van der Waals surface area contributed by atoms with E-state index in [1.165, 1.54) is 6.92 Å². The number of imide groups is 1. The van der Waals surface area contributed by atoms with Gasteiger partial charge in [-0.2, -0.15) is 0 Å². The number of Topliss-reactive ketones (excluding diaryl/α,β-unsaturated/α-hetero) is 2. The van der Waals surface area contributed by atoms with E-state index < -0.39 is 17.9 Å². The van der Waals surface area contributed by atoms with E-state index in [0.29, 0.717) is 12.8 Å². The molecule has 112 valence electrons. The Morgan fingerprint density at radius 1 is 1.15 bits per heavy atom. The van der Waals surface area contributed by atoms with Crippen LogP contribution in [0, 0.1) is 0 Å². The van der Waals surface area contributed by atoms with Gasteiger partial charge in [0.05, 0.1) is 0 Å². The van der Waals surface area contributed by atoms with Gasteiger partial charge in [-0.1, -0.05) is 13.8 Å². The average Bonchev–Trinajstić information content (AvgIpc) is 2.74. The number of amides is 2. The van der Waals surface area contributed by atoms with E-state index in [1.54, 1.807) is 0 Å². The normalized spacial score (nSPS) is 14.9. The number of nitrogens with two attached hydrogens (primary N) is 1. The van der Waals surface area contributed by atoms with E-state index in [9.17, 15) is 19.2 Å². The first-order valence-corrected chi connectivity index (χ1v) is 6.74. The van der Waals surface area contributed by atoms with Crippen LogP contribution in [0.5, 0.6) is 0 Å². The van der Waals surface area contributed by atoms with Crippen LogP contribution >= 0.6 is 0 Å². The zero-order valence-electron chi connectivity index (χ0n) is 12.2. The Labute approximate surface area is 119 Å². The van der Waals surface area contributed by atoms with Crippen LogP contribution in [0.2, 0.25) is 0 Å². The number of hydrogen-bond acceptors (Lipinski definition) is 5. The minimum Gasteiger partial charge on any atom is -0.328 e. The molecule has 0 saturated carbocycles. The van der Waals surface area contributed by atoms with Gasteiger partial charge >= 0.3 is 0 Å². The number of ketones is 2. The van der Waals surface area contributed by atoms with E-state index in [2.05, 4.69) is 0 Å². The van der Waals surface area contributed by atoms with Crippen molar-refractivity contribution in [1.29, 1.82) is 0 Å². The highest BCUT2D eigenvalue weighted by Crippen LogP contribution is 2.12. The van der Waals surface area contributed by atoms with Crippen molar-refractivity contribution in [2.75, 3.05) is 6.54 Å². The van der Waals surface area contributed by atoms with Crippen LogP contribution < -0.4 is 5.73 Å². The van der Waals surface area contributed by atoms with Gasteiger partial charge < -0.3 is 10.5 Å². The quantitative estimate of drug-likeness (QED) is 0.689. The molecule has 2 N–H and O–H groups in total. The van der Waals surface area contributed by atoms with E-state index >= 15 is 0 Å². The highest BCUT2D eigenvalue weighted by Gasteiger charge is 2.34. The molecule has 1 heterocycles. The summed E-state index contributed by atoms with van der Waals surface area (Å²) in [6.07, 6.45) is 3.09. The Morgan fingerprint density at radius 3 is 2.05 bits per heavy atom. The van der Waals surface area contributed by atoms with Crippen molar-refractivity contribution in [3.63, 3.8) is 0 Å². The molecule has 0 radical (unpaired) electrons. The van der Waals surface area contributed by atoms with Crippen LogP contribution in [-0.2, 0) is 19.2 Å². The summed E-state index contributed by atoms with van der Waals surface area (Å²) in [6.45, 7) is 5.35. The smallest absolute Gasteiger partial charge is 0.254 e. The molecule has 0 spiro atoms. The SMILES string of the molecule is CC.CC(=O)CCCC(=O)C(CN)N1C(=O)C=CC1=O. The summed E-state index contributed by atoms with van der Waals surface area (Å²) in [5, 5.41) is 0. The zero-order valence-corrected chi connectivity index (χ0v) is 12.2. The van der Waals surface area contributed by atoms with E-state index in [1.807, 2.05) is 13.8 Å². The monoisotopic (exact) mass is 282 g/mol. The predicted octanol–water partition coefficient (Wildman–Crippen LogP) is 0.593. The molecule has 0 aliphatic carbocycles.